The number of carboxylic acids is 1. The third-order valence-corrected chi connectivity index (χ3v) is 2.97. The summed E-state index contributed by atoms with van der Waals surface area (Å²) in [7, 11) is 0. The third-order valence-electron chi connectivity index (χ3n) is 2.97. The van der Waals surface area contributed by atoms with Gasteiger partial charge >= 0.3 is 5.97 Å². The molecule has 1 heterocycles. The standard InChI is InChI=1S/C12H12N2O3/c15-8-3-4-9-10(5-8)14(7-1-2-7)11(13-9)6-12(16)17/h3-5,7,15H,1-2,6H2,(H,16,17). The number of phenols is 1. The largest absolute Gasteiger partial charge is 0.508 e. The van der Waals surface area contributed by atoms with Crippen molar-refractivity contribution in [1.82, 2.24) is 9.55 Å². The van der Waals surface area contributed by atoms with Crippen molar-refractivity contribution in [2.45, 2.75) is 25.3 Å². The van der Waals surface area contributed by atoms with Crippen LogP contribution in [0.5, 0.6) is 5.75 Å². The van der Waals surface area contributed by atoms with Crippen molar-refractivity contribution in [3.05, 3.63) is 24.0 Å². The van der Waals surface area contributed by atoms with Gasteiger partial charge in [0.05, 0.1) is 11.0 Å². The maximum atomic E-state index is 10.8. The molecule has 3 rings (SSSR count). The molecule has 1 aliphatic carbocycles. The Hall–Kier alpha value is -2.04. The highest BCUT2D eigenvalue weighted by molar-refractivity contribution is 5.79. The molecule has 2 N–H and O–H groups in total. The fourth-order valence-corrected chi connectivity index (χ4v) is 2.13. The monoisotopic (exact) mass is 232 g/mol. The number of hydrogen-bond acceptors (Lipinski definition) is 3. The second-order valence-electron chi connectivity index (χ2n) is 4.37. The van der Waals surface area contributed by atoms with E-state index in [0.29, 0.717) is 11.9 Å². The van der Waals surface area contributed by atoms with Crippen LogP contribution in [0.25, 0.3) is 11.0 Å². The zero-order valence-electron chi connectivity index (χ0n) is 9.13. The van der Waals surface area contributed by atoms with Crippen LogP contribution in [0.15, 0.2) is 18.2 Å². The van der Waals surface area contributed by atoms with Crippen molar-refractivity contribution in [2.75, 3.05) is 0 Å². The fourth-order valence-electron chi connectivity index (χ4n) is 2.13. The number of carbonyl (C=O) groups is 1. The van der Waals surface area contributed by atoms with E-state index in [1.165, 1.54) is 0 Å². The van der Waals surface area contributed by atoms with Crippen molar-refractivity contribution in [2.24, 2.45) is 0 Å². The van der Waals surface area contributed by atoms with Crippen LogP contribution >= 0.6 is 0 Å². The second-order valence-corrected chi connectivity index (χ2v) is 4.37. The summed E-state index contributed by atoms with van der Waals surface area (Å²) >= 11 is 0. The van der Waals surface area contributed by atoms with Gasteiger partial charge in [-0.05, 0) is 25.0 Å². The lowest BCUT2D eigenvalue weighted by molar-refractivity contribution is -0.136. The summed E-state index contributed by atoms with van der Waals surface area (Å²) < 4.78 is 1.95. The van der Waals surface area contributed by atoms with Crippen LogP contribution < -0.4 is 0 Å². The van der Waals surface area contributed by atoms with Gasteiger partial charge in [0.2, 0.25) is 0 Å². The molecule has 0 radical (unpaired) electrons. The van der Waals surface area contributed by atoms with Crippen LogP contribution in [-0.4, -0.2) is 25.7 Å². The average molecular weight is 232 g/mol. The van der Waals surface area contributed by atoms with Crippen molar-refractivity contribution in [1.29, 1.82) is 0 Å². The summed E-state index contributed by atoms with van der Waals surface area (Å²) in [6.45, 7) is 0. The molecule has 0 spiro atoms. The van der Waals surface area contributed by atoms with Gasteiger partial charge in [-0.1, -0.05) is 0 Å². The highest BCUT2D eigenvalue weighted by Crippen LogP contribution is 2.39. The number of rotatable bonds is 3. The van der Waals surface area contributed by atoms with E-state index in [0.717, 1.165) is 23.9 Å². The van der Waals surface area contributed by atoms with E-state index >= 15 is 0 Å². The molecule has 1 aromatic heterocycles. The van der Waals surface area contributed by atoms with E-state index in [9.17, 15) is 9.90 Å². The van der Waals surface area contributed by atoms with Gasteiger partial charge in [0.1, 0.15) is 18.0 Å². The lowest BCUT2D eigenvalue weighted by Crippen LogP contribution is -2.08. The van der Waals surface area contributed by atoms with Gasteiger partial charge in [0.15, 0.2) is 0 Å². The van der Waals surface area contributed by atoms with E-state index in [2.05, 4.69) is 4.98 Å². The zero-order valence-corrected chi connectivity index (χ0v) is 9.13. The zero-order chi connectivity index (χ0) is 12.0. The normalized spacial score (nSPS) is 15.3. The summed E-state index contributed by atoms with van der Waals surface area (Å²) in [4.78, 5) is 15.1. The van der Waals surface area contributed by atoms with E-state index in [1.54, 1.807) is 18.2 Å². The van der Waals surface area contributed by atoms with E-state index in [4.69, 9.17) is 5.11 Å². The molecule has 1 aromatic carbocycles. The molecule has 0 unspecified atom stereocenters. The van der Waals surface area contributed by atoms with Gasteiger partial charge < -0.3 is 14.8 Å². The maximum Gasteiger partial charge on any atom is 0.311 e. The van der Waals surface area contributed by atoms with Gasteiger partial charge in [0.25, 0.3) is 0 Å². The molecule has 17 heavy (non-hydrogen) atoms. The number of phenolic OH excluding ortho intramolecular Hbond substituents is 1. The number of benzene rings is 1. The Balaban J connectivity index is 2.20. The molecular formula is C12H12N2O3. The summed E-state index contributed by atoms with van der Waals surface area (Å²) in [5.41, 5.74) is 1.56. The Morgan fingerprint density at radius 3 is 2.88 bits per heavy atom. The van der Waals surface area contributed by atoms with Gasteiger partial charge in [-0.3, -0.25) is 4.79 Å². The molecule has 1 fully saturated rings. The molecule has 0 amide bonds. The number of aromatic nitrogens is 2. The van der Waals surface area contributed by atoms with Gasteiger partial charge in [-0.15, -0.1) is 0 Å². The number of nitrogens with zero attached hydrogens (tertiary/aromatic N) is 2. The predicted octanol–water partition coefficient (Wildman–Crippen LogP) is 1.70. The molecule has 0 bridgehead atoms. The SMILES string of the molecule is O=C(O)Cc1nc2ccc(O)cc2n1C1CC1. The summed E-state index contributed by atoms with van der Waals surface area (Å²) in [5.74, 6) is -0.131. The quantitative estimate of drug-likeness (QED) is 0.844. The van der Waals surface area contributed by atoms with Crippen LogP contribution in [0.1, 0.15) is 24.7 Å². The Morgan fingerprint density at radius 2 is 2.24 bits per heavy atom. The molecule has 5 nitrogen and oxygen atoms in total. The molecule has 0 atom stereocenters. The Morgan fingerprint density at radius 1 is 1.47 bits per heavy atom. The van der Waals surface area contributed by atoms with Crippen LogP contribution in [0.4, 0.5) is 0 Å². The van der Waals surface area contributed by atoms with Gasteiger partial charge in [-0.25, -0.2) is 4.98 Å². The molecule has 1 aliphatic rings. The Labute approximate surface area is 97.3 Å². The van der Waals surface area contributed by atoms with Gasteiger partial charge in [-0.2, -0.15) is 0 Å². The van der Waals surface area contributed by atoms with Crippen molar-refractivity contribution in [3.63, 3.8) is 0 Å². The summed E-state index contributed by atoms with van der Waals surface area (Å²) in [5, 5.41) is 18.4. The van der Waals surface area contributed by atoms with E-state index in [-0.39, 0.29) is 12.2 Å². The Bertz CT molecular complexity index is 599. The van der Waals surface area contributed by atoms with Crippen LogP contribution in [0, 0.1) is 0 Å². The lowest BCUT2D eigenvalue weighted by Gasteiger charge is -2.05. The van der Waals surface area contributed by atoms with Crippen molar-refractivity contribution in [3.8, 4) is 5.75 Å². The number of aliphatic carboxylic acids is 1. The molecule has 0 saturated heterocycles. The molecule has 2 aromatic rings. The number of aromatic hydroxyl groups is 1. The molecule has 88 valence electrons. The summed E-state index contributed by atoms with van der Waals surface area (Å²) in [6.07, 6.45) is 2.02. The highest BCUT2D eigenvalue weighted by atomic mass is 16.4. The maximum absolute atomic E-state index is 10.8. The van der Waals surface area contributed by atoms with Crippen LogP contribution in [-0.2, 0) is 11.2 Å². The average Bonchev–Trinajstić information content (AvgIpc) is 3.01. The first-order chi connectivity index (χ1) is 8.15. The second kappa shape index (κ2) is 3.48. The molecule has 1 saturated carbocycles. The molecular weight excluding hydrogens is 220 g/mol. The van der Waals surface area contributed by atoms with Crippen LogP contribution in [0.2, 0.25) is 0 Å². The third kappa shape index (κ3) is 1.73. The van der Waals surface area contributed by atoms with Crippen molar-refractivity contribution < 1.29 is 15.0 Å². The topological polar surface area (TPSA) is 75.3 Å². The van der Waals surface area contributed by atoms with E-state index < -0.39 is 5.97 Å². The van der Waals surface area contributed by atoms with Gasteiger partial charge in [0, 0.05) is 12.1 Å². The number of imidazole rings is 1. The number of hydrogen-bond donors (Lipinski definition) is 2. The smallest absolute Gasteiger partial charge is 0.311 e. The highest BCUT2D eigenvalue weighted by Gasteiger charge is 2.28. The lowest BCUT2D eigenvalue weighted by atomic mass is 10.3. The predicted molar refractivity (Wildman–Crippen MR) is 61.0 cm³/mol. The minimum absolute atomic E-state index is 0.0774. The van der Waals surface area contributed by atoms with Crippen molar-refractivity contribution >= 4 is 17.0 Å². The first-order valence-corrected chi connectivity index (χ1v) is 5.57. The molecule has 0 aliphatic heterocycles. The molecule has 5 heteroatoms. The fraction of sp³-hybridized carbons (Fsp3) is 0.333. The first-order valence-electron chi connectivity index (χ1n) is 5.57. The number of carboxylic acid groups (broad SMARTS) is 1. The summed E-state index contributed by atoms with van der Waals surface area (Å²) in [6, 6.07) is 5.27. The minimum Gasteiger partial charge on any atom is -0.508 e. The Kier molecular flexibility index (Phi) is 2.07. The number of fused-ring (bicyclic) bond motifs is 1. The van der Waals surface area contributed by atoms with Crippen LogP contribution in [0.3, 0.4) is 0 Å². The minimum atomic E-state index is -0.883. The van der Waals surface area contributed by atoms with E-state index in [1.807, 2.05) is 4.57 Å². The first kappa shape index (κ1) is 10.1.